The van der Waals surface area contributed by atoms with Crippen LogP contribution in [0.15, 0.2) is 54.6 Å². The molecule has 1 aliphatic heterocycles. The summed E-state index contributed by atoms with van der Waals surface area (Å²) in [6.45, 7) is 2.84. The maximum absolute atomic E-state index is 13.3. The van der Waals surface area contributed by atoms with E-state index in [-0.39, 0.29) is 31.3 Å². The average Bonchev–Trinajstić information content (AvgIpc) is 2.93. The first-order valence-electron chi connectivity index (χ1n) is 13.5. The third kappa shape index (κ3) is 10.7. The van der Waals surface area contributed by atoms with Crippen molar-refractivity contribution in [2.24, 2.45) is 11.8 Å². The molecule has 0 aliphatic carbocycles. The molecule has 1 fully saturated rings. The first-order chi connectivity index (χ1) is 19.4. The molecule has 1 unspecified atom stereocenters. The molecule has 1 saturated heterocycles. The van der Waals surface area contributed by atoms with Crippen molar-refractivity contribution in [3.8, 4) is 11.8 Å². The quantitative estimate of drug-likeness (QED) is 0.164. The van der Waals surface area contributed by atoms with Crippen molar-refractivity contribution in [1.29, 1.82) is 0 Å². The van der Waals surface area contributed by atoms with Gasteiger partial charge in [-0.15, -0.1) is 0 Å². The van der Waals surface area contributed by atoms with Gasteiger partial charge < -0.3 is 9.47 Å². The fourth-order valence-corrected chi connectivity index (χ4v) is 4.98. The lowest BCUT2D eigenvalue weighted by molar-refractivity contribution is -0.143. The molecule has 2 aromatic carbocycles. The average molecular weight is 584 g/mol. The second kappa shape index (κ2) is 14.7. The summed E-state index contributed by atoms with van der Waals surface area (Å²) in [6.07, 6.45) is -9.22. The Morgan fingerprint density at radius 3 is 2.32 bits per heavy atom. The molecule has 2 aromatic rings. The van der Waals surface area contributed by atoms with E-state index in [1.807, 2.05) is 42.2 Å². The van der Waals surface area contributed by atoms with Gasteiger partial charge in [-0.05, 0) is 55.4 Å². The minimum atomic E-state index is -4.52. The van der Waals surface area contributed by atoms with Crippen LogP contribution in [0.3, 0.4) is 0 Å². The van der Waals surface area contributed by atoms with Crippen LogP contribution in [0, 0.1) is 23.7 Å². The van der Waals surface area contributed by atoms with Gasteiger partial charge in [-0.2, -0.15) is 26.3 Å². The maximum atomic E-state index is 13.3. The van der Waals surface area contributed by atoms with E-state index < -0.39 is 42.4 Å². The van der Waals surface area contributed by atoms with Gasteiger partial charge in [0.2, 0.25) is 0 Å². The van der Waals surface area contributed by atoms with Crippen molar-refractivity contribution in [2.45, 2.75) is 70.1 Å². The van der Waals surface area contributed by atoms with E-state index in [2.05, 4.69) is 11.8 Å². The summed E-state index contributed by atoms with van der Waals surface area (Å²) in [7, 11) is 1.28. The van der Waals surface area contributed by atoms with Crippen molar-refractivity contribution in [3.63, 3.8) is 0 Å². The normalized spacial score (nSPS) is 19.6. The number of alkyl halides is 6. The largest absolute Gasteiger partial charge is 0.469 e. The van der Waals surface area contributed by atoms with Gasteiger partial charge in [0.1, 0.15) is 0 Å². The number of piperidine rings is 1. The van der Waals surface area contributed by atoms with Gasteiger partial charge in [0.05, 0.1) is 31.9 Å². The van der Waals surface area contributed by atoms with E-state index >= 15 is 0 Å². The van der Waals surface area contributed by atoms with Crippen LogP contribution in [0.25, 0.3) is 0 Å². The number of esters is 1. The predicted octanol–water partition coefficient (Wildman–Crippen LogP) is 7.59. The lowest BCUT2D eigenvalue weighted by atomic mass is 9.83. The smallest absolute Gasteiger partial charge is 0.416 e. The van der Waals surface area contributed by atoms with E-state index in [0.717, 1.165) is 17.7 Å². The molecule has 0 N–H and O–H groups in total. The first-order valence-corrected chi connectivity index (χ1v) is 13.5. The Hall–Kier alpha value is -3.03. The molecule has 0 radical (unpaired) electrons. The topological polar surface area (TPSA) is 38.8 Å². The zero-order valence-corrected chi connectivity index (χ0v) is 23.1. The highest BCUT2D eigenvalue weighted by Gasteiger charge is 2.37. The van der Waals surface area contributed by atoms with Crippen LogP contribution in [0.4, 0.5) is 26.3 Å². The SMILES string of the molecule is COC(=O)C[C@@H]1CCN([C@H](C#CC(C)COCc2ccccc2)CCC(F)(F)F)[C@H](c2ccc(C(F)(F)F)cc2)C1. The van der Waals surface area contributed by atoms with Gasteiger partial charge >= 0.3 is 18.3 Å². The van der Waals surface area contributed by atoms with Gasteiger partial charge in [-0.25, -0.2) is 0 Å². The number of carbonyl (C=O) groups is 1. The molecule has 224 valence electrons. The number of ether oxygens (including phenoxy) is 2. The number of hydrogen-bond acceptors (Lipinski definition) is 4. The van der Waals surface area contributed by atoms with Crippen LogP contribution >= 0.6 is 0 Å². The van der Waals surface area contributed by atoms with Crippen LogP contribution in [0.1, 0.15) is 61.8 Å². The van der Waals surface area contributed by atoms with E-state index in [0.29, 0.717) is 31.6 Å². The number of benzene rings is 2. The van der Waals surface area contributed by atoms with Gasteiger partial charge in [0.25, 0.3) is 0 Å². The zero-order valence-electron chi connectivity index (χ0n) is 23.1. The lowest BCUT2D eigenvalue weighted by Crippen LogP contribution is -2.44. The summed E-state index contributed by atoms with van der Waals surface area (Å²) in [6, 6.07) is 12.9. The fraction of sp³-hybridized carbons (Fsp3) is 0.516. The van der Waals surface area contributed by atoms with Crippen LogP contribution < -0.4 is 0 Å². The highest BCUT2D eigenvalue weighted by Crippen LogP contribution is 2.39. The number of likely N-dealkylation sites (tertiary alicyclic amines) is 1. The van der Waals surface area contributed by atoms with Gasteiger partial charge in [0, 0.05) is 31.3 Å². The Balaban J connectivity index is 1.83. The lowest BCUT2D eigenvalue weighted by Gasteiger charge is -2.42. The summed E-state index contributed by atoms with van der Waals surface area (Å²) in [5.41, 5.74) is 0.711. The zero-order chi connectivity index (χ0) is 30.0. The summed E-state index contributed by atoms with van der Waals surface area (Å²) >= 11 is 0. The Kier molecular flexibility index (Phi) is 11.7. The molecule has 0 amide bonds. The molecule has 4 nitrogen and oxygen atoms in total. The summed E-state index contributed by atoms with van der Waals surface area (Å²) in [4.78, 5) is 13.8. The minimum Gasteiger partial charge on any atom is -0.469 e. The second-order valence-electron chi connectivity index (χ2n) is 10.4. The van der Waals surface area contributed by atoms with Crippen molar-refractivity contribution < 1.29 is 40.6 Å². The van der Waals surface area contributed by atoms with Crippen molar-refractivity contribution in [3.05, 3.63) is 71.3 Å². The molecule has 3 rings (SSSR count). The summed E-state index contributed by atoms with van der Waals surface area (Å²) in [5, 5.41) is 0. The molecule has 0 spiro atoms. The third-order valence-corrected chi connectivity index (χ3v) is 7.14. The van der Waals surface area contributed by atoms with Crippen molar-refractivity contribution >= 4 is 5.97 Å². The Morgan fingerprint density at radius 2 is 1.71 bits per heavy atom. The van der Waals surface area contributed by atoms with Crippen molar-refractivity contribution in [2.75, 3.05) is 20.3 Å². The summed E-state index contributed by atoms with van der Waals surface area (Å²) in [5.74, 6) is 5.29. The van der Waals surface area contributed by atoms with Crippen LogP contribution in [0.5, 0.6) is 0 Å². The molecule has 10 heteroatoms. The molecular weight excluding hydrogens is 548 g/mol. The van der Waals surface area contributed by atoms with Gasteiger partial charge in [-0.1, -0.05) is 54.3 Å². The Morgan fingerprint density at radius 1 is 1.02 bits per heavy atom. The minimum absolute atomic E-state index is 0.121. The number of nitrogens with zero attached hydrogens (tertiary/aromatic N) is 1. The van der Waals surface area contributed by atoms with E-state index in [1.165, 1.54) is 19.2 Å². The fourth-order valence-electron chi connectivity index (χ4n) is 4.98. The van der Waals surface area contributed by atoms with Crippen LogP contribution in [-0.4, -0.2) is 43.3 Å². The van der Waals surface area contributed by atoms with E-state index in [9.17, 15) is 31.1 Å². The Labute approximate surface area is 237 Å². The summed E-state index contributed by atoms with van der Waals surface area (Å²) < 4.78 is 89.9. The predicted molar refractivity (Wildman–Crippen MR) is 142 cm³/mol. The standard InChI is InChI=1S/C31H35F6NO3/c1-22(20-41-21-23-6-4-3-5-7-23)8-13-27(14-16-30(32,33)34)38-17-15-24(19-29(39)40-2)18-28(38)25-9-11-26(12-10-25)31(35,36)37/h3-7,9-12,22,24,27-28H,14-21H2,1-2H3/t22?,24-,27-,28+/m1/s1. The second-order valence-corrected chi connectivity index (χ2v) is 10.4. The molecular formula is C31H35F6NO3. The van der Waals surface area contributed by atoms with Crippen LogP contribution in [0.2, 0.25) is 0 Å². The number of methoxy groups -OCH3 is 1. The molecule has 1 aliphatic rings. The molecule has 0 saturated carbocycles. The number of rotatable bonds is 10. The van der Waals surface area contributed by atoms with Gasteiger partial charge in [0.15, 0.2) is 0 Å². The number of hydrogen-bond donors (Lipinski definition) is 0. The van der Waals surface area contributed by atoms with Gasteiger partial charge in [-0.3, -0.25) is 9.69 Å². The first kappa shape index (κ1) is 32.5. The maximum Gasteiger partial charge on any atom is 0.416 e. The third-order valence-electron chi connectivity index (χ3n) is 7.14. The molecule has 1 heterocycles. The number of halogens is 6. The Bertz CT molecular complexity index is 1150. The van der Waals surface area contributed by atoms with Crippen molar-refractivity contribution in [1.82, 2.24) is 4.90 Å². The van der Waals surface area contributed by atoms with Crippen LogP contribution in [-0.2, 0) is 27.1 Å². The molecule has 0 bridgehead atoms. The molecule has 4 atom stereocenters. The monoisotopic (exact) mass is 583 g/mol. The molecule has 0 aromatic heterocycles. The number of carbonyl (C=O) groups excluding carboxylic acids is 1. The van der Waals surface area contributed by atoms with E-state index in [1.54, 1.807) is 0 Å². The van der Waals surface area contributed by atoms with E-state index in [4.69, 9.17) is 9.47 Å². The highest BCUT2D eigenvalue weighted by molar-refractivity contribution is 5.69. The molecule has 41 heavy (non-hydrogen) atoms. The highest BCUT2D eigenvalue weighted by atomic mass is 19.4.